The van der Waals surface area contributed by atoms with Gasteiger partial charge in [0.15, 0.2) is 0 Å². The van der Waals surface area contributed by atoms with Gasteiger partial charge in [-0.1, -0.05) is 31.9 Å². The average molecular weight is 254 g/mol. The van der Waals surface area contributed by atoms with E-state index in [1.807, 2.05) is 12.3 Å². The summed E-state index contributed by atoms with van der Waals surface area (Å²) in [7, 11) is 0. The SMILES string of the molecule is CC1CCCC(NCc2ccc3ncccc3c2)C1. The molecule has 0 amide bonds. The summed E-state index contributed by atoms with van der Waals surface area (Å²) >= 11 is 0. The maximum absolute atomic E-state index is 4.36. The molecule has 1 aliphatic carbocycles. The first-order chi connectivity index (χ1) is 9.31. The number of pyridine rings is 1. The predicted octanol–water partition coefficient (Wildman–Crippen LogP) is 3.90. The Kier molecular flexibility index (Phi) is 3.79. The highest BCUT2D eigenvalue weighted by molar-refractivity contribution is 5.78. The van der Waals surface area contributed by atoms with E-state index in [0.717, 1.165) is 18.0 Å². The molecule has 1 aromatic carbocycles. The summed E-state index contributed by atoms with van der Waals surface area (Å²) in [5, 5.41) is 4.95. The van der Waals surface area contributed by atoms with Crippen LogP contribution < -0.4 is 5.32 Å². The number of rotatable bonds is 3. The van der Waals surface area contributed by atoms with Gasteiger partial charge in [0, 0.05) is 24.2 Å². The minimum absolute atomic E-state index is 0.702. The summed E-state index contributed by atoms with van der Waals surface area (Å²) in [4.78, 5) is 4.36. The number of nitrogens with zero attached hydrogens (tertiary/aromatic N) is 1. The molecule has 1 aliphatic rings. The van der Waals surface area contributed by atoms with E-state index in [9.17, 15) is 0 Å². The Hall–Kier alpha value is -1.41. The van der Waals surface area contributed by atoms with Crippen molar-refractivity contribution in [2.75, 3.05) is 0 Å². The lowest BCUT2D eigenvalue weighted by atomic mass is 9.87. The first-order valence-corrected chi connectivity index (χ1v) is 7.38. The van der Waals surface area contributed by atoms with Gasteiger partial charge in [0.1, 0.15) is 0 Å². The molecule has 100 valence electrons. The number of nitrogens with one attached hydrogen (secondary N) is 1. The van der Waals surface area contributed by atoms with Crippen molar-refractivity contribution in [3.63, 3.8) is 0 Å². The van der Waals surface area contributed by atoms with Crippen LogP contribution in [0.15, 0.2) is 36.5 Å². The fourth-order valence-electron chi connectivity index (χ4n) is 3.12. The number of aromatic nitrogens is 1. The quantitative estimate of drug-likeness (QED) is 0.898. The smallest absolute Gasteiger partial charge is 0.0702 e. The van der Waals surface area contributed by atoms with Crippen molar-refractivity contribution in [3.05, 3.63) is 42.1 Å². The molecule has 2 nitrogen and oxygen atoms in total. The normalized spacial score (nSPS) is 23.6. The van der Waals surface area contributed by atoms with Crippen LogP contribution in [-0.4, -0.2) is 11.0 Å². The summed E-state index contributed by atoms with van der Waals surface area (Å²) in [5.41, 5.74) is 2.44. The molecule has 2 atom stereocenters. The Bertz CT molecular complexity index is 550. The predicted molar refractivity (Wildman–Crippen MR) is 80.0 cm³/mol. The Morgan fingerprint density at radius 3 is 3.11 bits per heavy atom. The average Bonchev–Trinajstić information content (AvgIpc) is 2.45. The van der Waals surface area contributed by atoms with Gasteiger partial charge in [-0.3, -0.25) is 4.98 Å². The largest absolute Gasteiger partial charge is 0.310 e. The summed E-state index contributed by atoms with van der Waals surface area (Å²) in [6.07, 6.45) is 7.29. The molecular weight excluding hydrogens is 232 g/mol. The summed E-state index contributed by atoms with van der Waals surface area (Å²) in [6, 6.07) is 11.4. The van der Waals surface area contributed by atoms with Crippen LogP contribution >= 0.6 is 0 Å². The maximum atomic E-state index is 4.36. The van der Waals surface area contributed by atoms with Gasteiger partial charge in [-0.05, 0) is 42.5 Å². The van der Waals surface area contributed by atoms with Gasteiger partial charge < -0.3 is 5.32 Å². The Morgan fingerprint density at radius 1 is 1.26 bits per heavy atom. The summed E-state index contributed by atoms with van der Waals surface area (Å²) in [5.74, 6) is 0.882. The van der Waals surface area contributed by atoms with E-state index < -0.39 is 0 Å². The fraction of sp³-hybridized carbons (Fsp3) is 0.471. The van der Waals surface area contributed by atoms with E-state index in [2.05, 4.69) is 41.5 Å². The molecule has 1 saturated carbocycles. The molecule has 0 bridgehead atoms. The van der Waals surface area contributed by atoms with E-state index in [1.54, 1.807) is 0 Å². The molecule has 3 rings (SSSR count). The molecule has 0 spiro atoms. The van der Waals surface area contributed by atoms with Crippen LogP contribution in [0.3, 0.4) is 0 Å². The lowest BCUT2D eigenvalue weighted by Gasteiger charge is -2.27. The third kappa shape index (κ3) is 3.13. The van der Waals surface area contributed by atoms with Crippen molar-refractivity contribution in [3.8, 4) is 0 Å². The molecular formula is C17H22N2. The number of benzene rings is 1. The fourth-order valence-corrected chi connectivity index (χ4v) is 3.12. The third-order valence-electron chi connectivity index (χ3n) is 4.20. The minimum Gasteiger partial charge on any atom is -0.310 e. The molecule has 0 saturated heterocycles. The zero-order valence-corrected chi connectivity index (χ0v) is 11.6. The molecule has 1 fully saturated rings. The van der Waals surface area contributed by atoms with Crippen LogP contribution in [0.5, 0.6) is 0 Å². The Labute approximate surface area is 115 Å². The van der Waals surface area contributed by atoms with Crippen molar-refractivity contribution in [2.24, 2.45) is 5.92 Å². The van der Waals surface area contributed by atoms with Gasteiger partial charge in [0.2, 0.25) is 0 Å². The molecule has 1 heterocycles. The van der Waals surface area contributed by atoms with Crippen LogP contribution in [0.4, 0.5) is 0 Å². The summed E-state index contributed by atoms with van der Waals surface area (Å²) in [6.45, 7) is 3.34. The highest BCUT2D eigenvalue weighted by Gasteiger charge is 2.17. The van der Waals surface area contributed by atoms with Gasteiger partial charge in [-0.25, -0.2) is 0 Å². The van der Waals surface area contributed by atoms with Gasteiger partial charge >= 0.3 is 0 Å². The lowest BCUT2D eigenvalue weighted by Crippen LogP contribution is -2.33. The third-order valence-corrected chi connectivity index (χ3v) is 4.20. The maximum Gasteiger partial charge on any atom is 0.0702 e. The van der Waals surface area contributed by atoms with Gasteiger partial charge in [0.25, 0.3) is 0 Å². The van der Waals surface area contributed by atoms with Crippen molar-refractivity contribution in [1.82, 2.24) is 10.3 Å². The van der Waals surface area contributed by atoms with Gasteiger partial charge in [-0.2, -0.15) is 0 Å². The van der Waals surface area contributed by atoms with Crippen LogP contribution in [0.25, 0.3) is 10.9 Å². The molecule has 1 N–H and O–H groups in total. The lowest BCUT2D eigenvalue weighted by molar-refractivity contribution is 0.300. The van der Waals surface area contributed by atoms with E-state index in [1.165, 1.54) is 36.6 Å². The molecule has 2 heteroatoms. The van der Waals surface area contributed by atoms with E-state index >= 15 is 0 Å². The van der Waals surface area contributed by atoms with E-state index in [0.29, 0.717) is 6.04 Å². The molecule has 19 heavy (non-hydrogen) atoms. The second-order valence-corrected chi connectivity index (χ2v) is 5.88. The van der Waals surface area contributed by atoms with E-state index in [-0.39, 0.29) is 0 Å². The monoisotopic (exact) mass is 254 g/mol. The highest BCUT2D eigenvalue weighted by atomic mass is 14.9. The minimum atomic E-state index is 0.702. The Balaban J connectivity index is 1.64. The topological polar surface area (TPSA) is 24.9 Å². The number of fused-ring (bicyclic) bond motifs is 1. The number of hydrogen-bond acceptors (Lipinski definition) is 2. The Morgan fingerprint density at radius 2 is 2.21 bits per heavy atom. The van der Waals surface area contributed by atoms with Crippen molar-refractivity contribution in [2.45, 2.75) is 45.2 Å². The van der Waals surface area contributed by atoms with Crippen molar-refractivity contribution < 1.29 is 0 Å². The second-order valence-electron chi connectivity index (χ2n) is 5.88. The standard InChI is InChI=1S/C17H22N2/c1-13-4-2-6-16(10-13)19-12-14-7-8-17-15(11-14)5-3-9-18-17/h3,5,7-9,11,13,16,19H,2,4,6,10,12H2,1H3. The highest BCUT2D eigenvalue weighted by Crippen LogP contribution is 2.24. The first kappa shape index (κ1) is 12.6. The second kappa shape index (κ2) is 5.70. The zero-order valence-electron chi connectivity index (χ0n) is 11.6. The van der Waals surface area contributed by atoms with Crippen molar-refractivity contribution in [1.29, 1.82) is 0 Å². The molecule has 1 aromatic heterocycles. The van der Waals surface area contributed by atoms with Crippen LogP contribution in [0.2, 0.25) is 0 Å². The van der Waals surface area contributed by atoms with Gasteiger partial charge in [-0.15, -0.1) is 0 Å². The molecule has 0 radical (unpaired) electrons. The van der Waals surface area contributed by atoms with Crippen LogP contribution in [-0.2, 0) is 6.54 Å². The van der Waals surface area contributed by atoms with E-state index in [4.69, 9.17) is 0 Å². The number of hydrogen-bond donors (Lipinski definition) is 1. The summed E-state index contributed by atoms with van der Waals surface area (Å²) < 4.78 is 0. The molecule has 0 aliphatic heterocycles. The zero-order chi connectivity index (χ0) is 13.1. The first-order valence-electron chi connectivity index (χ1n) is 7.38. The van der Waals surface area contributed by atoms with Crippen LogP contribution in [0, 0.1) is 5.92 Å². The van der Waals surface area contributed by atoms with Gasteiger partial charge in [0.05, 0.1) is 5.52 Å². The van der Waals surface area contributed by atoms with Crippen LogP contribution in [0.1, 0.15) is 38.2 Å². The molecule has 2 aromatic rings. The molecule has 2 unspecified atom stereocenters. The van der Waals surface area contributed by atoms with Crippen molar-refractivity contribution >= 4 is 10.9 Å².